The van der Waals surface area contributed by atoms with Crippen LogP contribution in [0.5, 0.6) is 0 Å². The maximum Gasteiger partial charge on any atom is 0.123 e. The molecule has 0 unspecified atom stereocenters. The summed E-state index contributed by atoms with van der Waals surface area (Å²) in [6.07, 6.45) is 0. The quantitative estimate of drug-likeness (QED) is 0.669. The molecule has 0 atom stereocenters. The third kappa shape index (κ3) is 3.48. The molecule has 2 N–H and O–H groups in total. The number of halogens is 2. The largest absolute Gasteiger partial charge is 0.399 e. The lowest BCUT2D eigenvalue weighted by Gasteiger charge is -2.05. The molecule has 0 radical (unpaired) electrons. The van der Waals surface area contributed by atoms with E-state index in [2.05, 4.69) is 15.9 Å². The van der Waals surface area contributed by atoms with Gasteiger partial charge in [-0.15, -0.1) is 11.8 Å². The standard InChI is InChI=1S/C13H11BrFNS/c14-13-7-11(16)4-1-9(13)8-17-12-5-2-10(15)3-6-12/h1-7H,8,16H2. The molecule has 0 aliphatic heterocycles. The lowest BCUT2D eigenvalue weighted by Crippen LogP contribution is -1.88. The molecule has 1 nitrogen and oxygen atoms in total. The molecule has 0 saturated carbocycles. The Kier molecular flexibility index (Phi) is 4.07. The van der Waals surface area contributed by atoms with E-state index in [1.165, 1.54) is 17.7 Å². The van der Waals surface area contributed by atoms with Gasteiger partial charge in [-0.1, -0.05) is 22.0 Å². The van der Waals surface area contributed by atoms with E-state index < -0.39 is 0 Å². The molecule has 2 rings (SSSR count). The SMILES string of the molecule is Nc1ccc(CSc2ccc(F)cc2)c(Br)c1. The predicted octanol–water partition coefficient (Wildman–Crippen LogP) is 4.46. The van der Waals surface area contributed by atoms with Crippen LogP contribution in [0.4, 0.5) is 10.1 Å². The van der Waals surface area contributed by atoms with Gasteiger partial charge in [0.15, 0.2) is 0 Å². The minimum absolute atomic E-state index is 0.206. The fraction of sp³-hybridized carbons (Fsp3) is 0.0769. The summed E-state index contributed by atoms with van der Waals surface area (Å²) in [7, 11) is 0. The summed E-state index contributed by atoms with van der Waals surface area (Å²) in [5.74, 6) is 0.620. The van der Waals surface area contributed by atoms with Gasteiger partial charge in [-0.25, -0.2) is 4.39 Å². The maximum atomic E-state index is 12.7. The van der Waals surface area contributed by atoms with Crippen molar-refractivity contribution in [2.24, 2.45) is 0 Å². The lowest BCUT2D eigenvalue weighted by molar-refractivity contribution is 0.626. The maximum absolute atomic E-state index is 12.7. The summed E-state index contributed by atoms with van der Waals surface area (Å²) in [6, 6.07) is 12.3. The van der Waals surface area contributed by atoms with E-state index >= 15 is 0 Å². The molecule has 0 aliphatic carbocycles. The summed E-state index contributed by atoms with van der Waals surface area (Å²) < 4.78 is 13.7. The molecule has 88 valence electrons. The molecule has 4 heteroatoms. The van der Waals surface area contributed by atoms with E-state index in [0.717, 1.165) is 20.8 Å². The number of hydrogen-bond acceptors (Lipinski definition) is 2. The van der Waals surface area contributed by atoms with Crippen LogP contribution in [0.25, 0.3) is 0 Å². The Labute approximate surface area is 112 Å². The monoisotopic (exact) mass is 311 g/mol. The lowest BCUT2D eigenvalue weighted by atomic mass is 10.2. The van der Waals surface area contributed by atoms with Gasteiger partial charge < -0.3 is 5.73 Å². The van der Waals surface area contributed by atoms with Crippen LogP contribution in [0.15, 0.2) is 51.8 Å². The molecule has 0 aliphatic rings. The van der Waals surface area contributed by atoms with Gasteiger partial charge >= 0.3 is 0 Å². The molecule has 0 aromatic heterocycles. The molecule has 0 amide bonds. The molecular weight excluding hydrogens is 301 g/mol. The highest BCUT2D eigenvalue weighted by Gasteiger charge is 2.02. The van der Waals surface area contributed by atoms with Gasteiger partial charge in [-0.2, -0.15) is 0 Å². The number of nitrogens with two attached hydrogens (primary N) is 1. The van der Waals surface area contributed by atoms with Gasteiger partial charge in [-0.05, 0) is 42.0 Å². The fourth-order valence-corrected chi connectivity index (χ4v) is 3.00. The van der Waals surface area contributed by atoms with Gasteiger partial charge in [0.2, 0.25) is 0 Å². The van der Waals surface area contributed by atoms with Gasteiger partial charge in [0.25, 0.3) is 0 Å². The minimum Gasteiger partial charge on any atom is -0.399 e. The van der Waals surface area contributed by atoms with Crippen LogP contribution in [-0.4, -0.2) is 0 Å². The smallest absolute Gasteiger partial charge is 0.123 e. The third-order valence-electron chi connectivity index (χ3n) is 2.29. The van der Waals surface area contributed by atoms with E-state index in [-0.39, 0.29) is 5.82 Å². The zero-order valence-electron chi connectivity index (χ0n) is 8.99. The van der Waals surface area contributed by atoms with Crippen molar-refractivity contribution < 1.29 is 4.39 Å². The summed E-state index contributed by atoms with van der Waals surface area (Å²) >= 11 is 5.14. The highest BCUT2D eigenvalue weighted by molar-refractivity contribution is 9.10. The van der Waals surface area contributed by atoms with Gasteiger partial charge in [0.05, 0.1) is 0 Å². The number of hydrogen-bond donors (Lipinski definition) is 1. The van der Waals surface area contributed by atoms with E-state index in [4.69, 9.17) is 5.73 Å². The first-order chi connectivity index (χ1) is 8.15. The molecule has 17 heavy (non-hydrogen) atoms. The van der Waals surface area contributed by atoms with Crippen molar-refractivity contribution in [2.75, 3.05) is 5.73 Å². The van der Waals surface area contributed by atoms with E-state index in [1.54, 1.807) is 23.9 Å². The second kappa shape index (κ2) is 5.56. The number of benzene rings is 2. The third-order valence-corrected chi connectivity index (χ3v) is 4.08. The van der Waals surface area contributed by atoms with Gasteiger partial charge in [0, 0.05) is 20.8 Å². The Balaban J connectivity index is 2.04. The number of rotatable bonds is 3. The topological polar surface area (TPSA) is 26.0 Å². The van der Waals surface area contributed by atoms with Crippen molar-refractivity contribution in [3.8, 4) is 0 Å². The number of nitrogen functional groups attached to an aromatic ring is 1. The molecule has 0 fully saturated rings. The predicted molar refractivity (Wildman–Crippen MR) is 74.5 cm³/mol. The Morgan fingerprint density at radius 2 is 1.82 bits per heavy atom. The Hall–Kier alpha value is -1.00. The number of thioether (sulfide) groups is 1. The zero-order valence-corrected chi connectivity index (χ0v) is 11.4. The van der Waals surface area contributed by atoms with Crippen LogP contribution in [0.2, 0.25) is 0 Å². The van der Waals surface area contributed by atoms with Crippen molar-refractivity contribution >= 4 is 33.4 Å². The summed E-state index contributed by atoms with van der Waals surface area (Å²) in [6.45, 7) is 0. The van der Waals surface area contributed by atoms with Gasteiger partial charge in [-0.3, -0.25) is 0 Å². The van der Waals surface area contributed by atoms with Crippen LogP contribution < -0.4 is 5.73 Å². The van der Waals surface area contributed by atoms with Crippen LogP contribution in [0, 0.1) is 5.82 Å². The second-order valence-electron chi connectivity index (χ2n) is 3.59. The van der Waals surface area contributed by atoms with E-state index in [0.29, 0.717) is 0 Å². The van der Waals surface area contributed by atoms with Gasteiger partial charge in [0.1, 0.15) is 5.82 Å². The van der Waals surface area contributed by atoms with Crippen molar-refractivity contribution in [2.45, 2.75) is 10.6 Å². The normalized spacial score (nSPS) is 10.5. The molecular formula is C13H11BrFNS. The van der Waals surface area contributed by atoms with Crippen molar-refractivity contribution in [3.05, 3.63) is 58.3 Å². The molecule has 2 aromatic rings. The first-order valence-corrected chi connectivity index (χ1v) is 6.85. The second-order valence-corrected chi connectivity index (χ2v) is 5.50. The van der Waals surface area contributed by atoms with E-state index in [1.807, 2.05) is 18.2 Å². The molecule has 0 saturated heterocycles. The van der Waals surface area contributed by atoms with Crippen molar-refractivity contribution in [1.82, 2.24) is 0 Å². The van der Waals surface area contributed by atoms with Crippen molar-refractivity contribution in [3.63, 3.8) is 0 Å². The summed E-state index contributed by atoms with van der Waals surface area (Å²) in [5.41, 5.74) is 7.59. The average Bonchev–Trinajstić information content (AvgIpc) is 2.30. The molecule has 2 aromatic carbocycles. The highest BCUT2D eigenvalue weighted by Crippen LogP contribution is 2.28. The highest BCUT2D eigenvalue weighted by atomic mass is 79.9. The summed E-state index contributed by atoms with van der Waals surface area (Å²) in [4.78, 5) is 1.05. The fourth-order valence-electron chi connectivity index (χ4n) is 1.37. The van der Waals surface area contributed by atoms with Crippen LogP contribution in [0.3, 0.4) is 0 Å². The first kappa shape index (κ1) is 12.5. The van der Waals surface area contributed by atoms with Crippen LogP contribution >= 0.6 is 27.7 Å². The summed E-state index contributed by atoms with van der Waals surface area (Å²) in [5, 5.41) is 0. The average molecular weight is 312 g/mol. The van der Waals surface area contributed by atoms with Crippen molar-refractivity contribution in [1.29, 1.82) is 0 Å². The Bertz CT molecular complexity index is 513. The van der Waals surface area contributed by atoms with Crippen LogP contribution in [-0.2, 0) is 5.75 Å². The Morgan fingerprint density at radius 1 is 1.12 bits per heavy atom. The molecule has 0 spiro atoms. The zero-order chi connectivity index (χ0) is 12.3. The van der Waals surface area contributed by atoms with E-state index in [9.17, 15) is 4.39 Å². The van der Waals surface area contributed by atoms with Crippen LogP contribution in [0.1, 0.15) is 5.56 Å². The minimum atomic E-state index is -0.206. The molecule has 0 bridgehead atoms. The molecule has 0 heterocycles. The first-order valence-electron chi connectivity index (χ1n) is 5.07. The number of anilines is 1. The Morgan fingerprint density at radius 3 is 2.47 bits per heavy atom.